The smallest absolute Gasteiger partial charge is 0.128 e. The maximum atomic E-state index is 5.97. The molecular weight excluding hydrogens is 416 g/mol. The summed E-state index contributed by atoms with van der Waals surface area (Å²) in [5, 5.41) is 0.732. The second-order valence-corrected chi connectivity index (χ2v) is 9.02. The van der Waals surface area contributed by atoms with Gasteiger partial charge in [0.15, 0.2) is 0 Å². The van der Waals surface area contributed by atoms with Gasteiger partial charge in [-0.3, -0.25) is 4.90 Å². The number of likely N-dealkylation sites (tertiary alicyclic amines) is 1. The Hall–Kier alpha value is -2.87. The number of nitrogens with zero attached hydrogens (tertiary/aromatic N) is 4. The van der Waals surface area contributed by atoms with Crippen molar-refractivity contribution in [3.05, 3.63) is 77.2 Å². The molecule has 3 aromatic rings. The largest absolute Gasteiger partial charge is 0.355 e. The molecule has 0 spiro atoms. The van der Waals surface area contributed by atoms with E-state index >= 15 is 0 Å². The van der Waals surface area contributed by atoms with Crippen LogP contribution in [-0.2, 0) is 0 Å². The molecule has 4 heterocycles. The van der Waals surface area contributed by atoms with Gasteiger partial charge in [0.1, 0.15) is 11.5 Å². The molecule has 0 bridgehead atoms. The lowest BCUT2D eigenvalue weighted by atomic mass is 10.0. The van der Waals surface area contributed by atoms with Crippen LogP contribution in [0.4, 0.5) is 5.82 Å². The second-order valence-electron chi connectivity index (χ2n) is 8.58. The van der Waals surface area contributed by atoms with Crippen LogP contribution in [0.5, 0.6) is 0 Å². The van der Waals surface area contributed by atoms with Gasteiger partial charge in [0, 0.05) is 47.7 Å². The van der Waals surface area contributed by atoms with E-state index in [0.29, 0.717) is 6.04 Å². The Morgan fingerprint density at radius 1 is 0.781 bits per heavy atom. The molecule has 1 atom stereocenters. The highest BCUT2D eigenvalue weighted by molar-refractivity contribution is 6.30. The van der Waals surface area contributed by atoms with Gasteiger partial charge in [0.05, 0.1) is 0 Å². The lowest BCUT2D eigenvalue weighted by molar-refractivity contribution is 0.215. The van der Waals surface area contributed by atoms with Gasteiger partial charge in [0.25, 0.3) is 0 Å². The third kappa shape index (κ3) is 4.96. The van der Waals surface area contributed by atoms with Crippen LogP contribution in [0.25, 0.3) is 11.1 Å². The van der Waals surface area contributed by atoms with Crippen LogP contribution in [0.3, 0.4) is 0 Å². The first-order valence-electron chi connectivity index (χ1n) is 11.4. The minimum Gasteiger partial charge on any atom is -0.355 e. The van der Waals surface area contributed by atoms with Crippen molar-refractivity contribution in [2.75, 3.05) is 31.1 Å². The topological polar surface area (TPSA) is 32.3 Å². The van der Waals surface area contributed by atoms with Crippen LogP contribution >= 0.6 is 11.6 Å². The normalized spacial score (nSPS) is 18.9. The first-order valence-corrected chi connectivity index (χ1v) is 11.8. The van der Waals surface area contributed by atoms with E-state index in [-0.39, 0.29) is 0 Å². The van der Waals surface area contributed by atoms with Gasteiger partial charge in [0.2, 0.25) is 0 Å². The first kappa shape index (κ1) is 21.0. The van der Waals surface area contributed by atoms with Crippen molar-refractivity contribution in [1.82, 2.24) is 14.9 Å². The van der Waals surface area contributed by atoms with Crippen molar-refractivity contribution >= 4 is 17.4 Å². The molecule has 2 saturated heterocycles. The van der Waals surface area contributed by atoms with Crippen LogP contribution in [0.2, 0.25) is 5.02 Å². The summed E-state index contributed by atoms with van der Waals surface area (Å²) in [6.45, 7) is 4.69. The highest BCUT2D eigenvalue weighted by Gasteiger charge is 2.27. The number of hydrogen-bond donors (Lipinski definition) is 0. The number of benzene rings is 1. The molecule has 1 unspecified atom stereocenters. The zero-order chi connectivity index (χ0) is 21.8. The summed E-state index contributed by atoms with van der Waals surface area (Å²) < 4.78 is 0. The Bertz CT molecular complexity index is 1090. The Balaban J connectivity index is 1.23. The van der Waals surface area contributed by atoms with Crippen molar-refractivity contribution in [1.29, 1.82) is 0 Å². The van der Waals surface area contributed by atoms with Crippen molar-refractivity contribution < 1.29 is 0 Å². The predicted octanol–water partition coefficient (Wildman–Crippen LogP) is 5.26. The van der Waals surface area contributed by atoms with Gasteiger partial charge >= 0.3 is 0 Å². The van der Waals surface area contributed by atoms with Crippen LogP contribution in [0.15, 0.2) is 60.9 Å². The molecule has 2 aliphatic rings. The number of rotatable bonds is 3. The summed E-state index contributed by atoms with van der Waals surface area (Å²) in [6, 6.07) is 16.6. The fourth-order valence-electron chi connectivity index (χ4n) is 4.63. The average Bonchev–Trinajstić information content (AvgIpc) is 3.39. The quantitative estimate of drug-likeness (QED) is 0.518. The minimum atomic E-state index is 0.675. The van der Waals surface area contributed by atoms with Crippen LogP contribution in [0.1, 0.15) is 36.9 Å². The van der Waals surface area contributed by atoms with E-state index in [4.69, 9.17) is 16.6 Å². The molecule has 5 rings (SSSR count). The van der Waals surface area contributed by atoms with Crippen molar-refractivity contribution in [2.45, 2.75) is 31.7 Å². The third-order valence-corrected chi connectivity index (χ3v) is 6.65. The summed E-state index contributed by atoms with van der Waals surface area (Å²) in [5.74, 6) is 7.40. The fraction of sp³-hybridized carbons (Fsp3) is 0.333. The Labute approximate surface area is 195 Å². The highest BCUT2D eigenvalue weighted by atomic mass is 35.5. The van der Waals surface area contributed by atoms with Gasteiger partial charge < -0.3 is 4.90 Å². The van der Waals surface area contributed by atoms with E-state index < -0.39 is 0 Å². The Kier molecular flexibility index (Phi) is 6.39. The molecule has 162 valence electrons. The van der Waals surface area contributed by atoms with E-state index in [9.17, 15) is 0 Å². The number of piperidine rings is 1. The third-order valence-electron chi connectivity index (χ3n) is 6.40. The molecule has 32 heavy (non-hydrogen) atoms. The number of hydrogen-bond acceptors (Lipinski definition) is 4. The van der Waals surface area contributed by atoms with Crippen molar-refractivity contribution in [2.24, 2.45) is 0 Å². The van der Waals surface area contributed by atoms with Gasteiger partial charge in [-0.1, -0.05) is 35.7 Å². The van der Waals surface area contributed by atoms with Crippen LogP contribution in [0, 0.1) is 11.8 Å². The molecule has 2 aliphatic heterocycles. The zero-order valence-corrected chi connectivity index (χ0v) is 18.9. The van der Waals surface area contributed by atoms with E-state index in [1.165, 1.54) is 38.8 Å². The summed E-state index contributed by atoms with van der Waals surface area (Å²) >= 11 is 5.97. The lowest BCUT2D eigenvalue weighted by Gasteiger charge is -2.38. The Morgan fingerprint density at radius 3 is 2.31 bits per heavy atom. The minimum absolute atomic E-state index is 0.675. The molecule has 2 aromatic heterocycles. The molecule has 4 nitrogen and oxygen atoms in total. The molecule has 1 aromatic carbocycles. The molecule has 5 heteroatoms. The molecule has 0 saturated carbocycles. The standard InChI is InChI=1S/C27H27ClN4/c28-24-10-7-22(8-11-24)23-9-13-25(29-19-23)12-5-21-6-14-27(30-18-21)32-17-3-4-26(20-32)31-15-1-2-16-31/h6-11,13-14,18-19,26H,1-4,15-17,20H2. The second kappa shape index (κ2) is 9.73. The van der Waals surface area contributed by atoms with Crippen molar-refractivity contribution in [3.63, 3.8) is 0 Å². The Morgan fingerprint density at radius 2 is 1.59 bits per heavy atom. The molecule has 2 fully saturated rings. The number of aromatic nitrogens is 2. The van der Waals surface area contributed by atoms with Gasteiger partial charge in [-0.25, -0.2) is 9.97 Å². The molecule has 0 N–H and O–H groups in total. The van der Waals surface area contributed by atoms with Gasteiger partial charge in [-0.2, -0.15) is 0 Å². The number of halogens is 1. The van der Waals surface area contributed by atoms with Gasteiger partial charge in [-0.15, -0.1) is 0 Å². The molecular formula is C27H27ClN4. The van der Waals surface area contributed by atoms with E-state index in [0.717, 1.165) is 46.3 Å². The maximum absolute atomic E-state index is 5.97. The van der Waals surface area contributed by atoms with Crippen molar-refractivity contribution in [3.8, 4) is 23.0 Å². The molecule has 0 aliphatic carbocycles. The van der Waals surface area contributed by atoms with Crippen LogP contribution < -0.4 is 4.90 Å². The predicted molar refractivity (Wildman–Crippen MR) is 131 cm³/mol. The molecule has 0 amide bonds. The van der Waals surface area contributed by atoms with E-state index in [2.05, 4.69) is 38.8 Å². The number of anilines is 1. The molecule has 0 radical (unpaired) electrons. The SMILES string of the molecule is Clc1ccc(-c2ccc(C#Cc3ccc(N4CCCC(N5CCCC5)C4)nc3)nc2)cc1. The zero-order valence-electron chi connectivity index (χ0n) is 18.2. The highest BCUT2D eigenvalue weighted by Crippen LogP contribution is 2.24. The van der Waals surface area contributed by atoms with Crippen LogP contribution in [-0.4, -0.2) is 47.1 Å². The number of pyridine rings is 2. The lowest BCUT2D eigenvalue weighted by Crippen LogP contribution is -2.47. The monoisotopic (exact) mass is 442 g/mol. The fourth-order valence-corrected chi connectivity index (χ4v) is 4.76. The average molecular weight is 443 g/mol. The maximum Gasteiger partial charge on any atom is 0.128 e. The summed E-state index contributed by atoms with van der Waals surface area (Å²) in [6.07, 6.45) is 8.97. The van der Waals surface area contributed by atoms with E-state index in [1.54, 1.807) is 0 Å². The van der Waals surface area contributed by atoms with Gasteiger partial charge in [-0.05, 0) is 80.6 Å². The summed E-state index contributed by atoms with van der Waals surface area (Å²) in [7, 11) is 0. The summed E-state index contributed by atoms with van der Waals surface area (Å²) in [5.41, 5.74) is 3.79. The summed E-state index contributed by atoms with van der Waals surface area (Å²) in [4.78, 5) is 14.3. The first-order chi connectivity index (χ1) is 15.7. The van der Waals surface area contributed by atoms with E-state index in [1.807, 2.05) is 48.8 Å².